The lowest BCUT2D eigenvalue weighted by molar-refractivity contribution is 0.156. The first-order valence-electron chi connectivity index (χ1n) is 5.90. The second-order valence-electron chi connectivity index (χ2n) is 4.37. The number of rotatable bonds is 7. The zero-order valence-corrected chi connectivity index (χ0v) is 12.0. The highest BCUT2D eigenvalue weighted by atomic mass is 32.1. The fraction of sp³-hybridized carbons (Fsp3) is 0.615. The summed E-state index contributed by atoms with van der Waals surface area (Å²) in [7, 11) is 0. The van der Waals surface area contributed by atoms with Crippen molar-refractivity contribution in [3.63, 3.8) is 0 Å². The van der Waals surface area contributed by atoms with E-state index in [0.717, 1.165) is 22.8 Å². The first-order valence-corrected chi connectivity index (χ1v) is 6.71. The van der Waals surface area contributed by atoms with Gasteiger partial charge in [0.25, 0.3) is 0 Å². The lowest BCUT2D eigenvalue weighted by Gasteiger charge is -2.12. The molecule has 0 aromatic carbocycles. The van der Waals surface area contributed by atoms with Gasteiger partial charge in [-0.3, -0.25) is 0 Å². The lowest BCUT2D eigenvalue weighted by atomic mass is 10.2. The quantitative estimate of drug-likeness (QED) is 0.600. The van der Waals surface area contributed by atoms with Crippen molar-refractivity contribution in [2.75, 3.05) is 19.8 Å². The number of hydrogen-bond acceptors (Lipinski definition) is 4. The van der Waals surface area contributed by atoms with Crippen LogP contribution in [0.5, 0.6) is 0 Å². The number of aromatic nitrogens is 1. The van der Waals surface area contributed by atoms with Gasteiger partial charge in [0, 0.05) is 17.5 Å². The summed E-state index contributed by atoms with van der Waals surface area (Å²) in [4.78, 5) is 5.76. The molecule has 0 saturated heterocycles. The standard InChI is InChI=1S/C13H22N2OS/c1-9(2)8-16-7-6-14-10(3)13-11(4)15-12(5)17-13/h10,14H,1,6-8H2,2-5H3. The largest absolute Gasteiger partial charge is 0.376 e. The molecule has 0 fully saturated rings. The van der Waals surface area contributed by atoms with E-state index < -0.39 is 0 Å². The molecule has 0 bridgehead atoms. The normalized spacial score (nSPS) is 12.7. The third-order valence-corrected chi connectivity index (χ3v) is 3.63. The number of nitrogens with zero attached hydrogens (tertiary/aromatic N) is 1. The van der Waals surface area contributed by atoms with Gasteiger partial charge >= 0.3 is 0 Å². The third-order valence-electron chi connectivity index (χ3n) is 2.38. The van der Waals surface area contributed by atoms with Crippen molar-refractivity contribution in [2.45, 2.75) is 33.7 Å². The highest BCUT2D eigenvalue weighted by Crippen LogP contribution is 2.23. The van der Waals surface area contributed by atoms with Crippen molar-refractivity contribution in [1.82, 2.24) is 10.3 Å². The molecule has 4 heteroatoms. The van der Waals surface area contributed by atoms with Gasteiger partial charge in [-0.1, -0.05) is 12.2 Å². The summed E-state index contributed by atoms with van der Waals surface area (Å²) < 4.78 is 5.44. The summed E-state index contributed by atoms with van der Waals surface area (Å²) in [5, 5.41) is 4.57. The summed E-state index contributed by atoms with van der Waals surface area (Å²) in [6, 6.07) is 0.342. The van der Waals surface area contributed by atoms with Crippen molar-refractivity contribution in [2.24, 2.45) is 0 Å². The van der Waals surface area contributed by atoms with E-state index in [9.17, 15) is 0 Å². The molecule has 0 aliphatic carbocycles. The first kappa shape index (κ1) is 14.4. The zero-order valence-electron chi connectivity index (χ0n) is 11.2. The van der Waals surface area contributed by atoms with E-state index in [2.05, 4.69) is 30.7 Å². The molecule has 17 heavy (non-hydrogen) atoms. The minimum Gasteiger partial charge on any atom is -0.376 e. The molecule has 0 radical (unpaired) electrons. The Morgan fingerprint density at radius 2 is 2.24 bits per heavy atom. The van der Waals surface area contributed by atoms with E-state index in [0.29, 0.717) is 19.3 Å². The van der Waals surface area contributed by atoms with Crippen LogP contribution in [-0.2, 0) is 4.74 Å². The van der Waals surface area contributed by atoms with Gasteiger partial charge in [0.1, 0.15) is 0 Å². The van der Waals surface area contributed by atoms with Gasteiger partial charge in [-0.05, 0) is 27.7 Å². The highest BCUT2D eigenvalue weighted by Gasteiger charge is 2.11. The van der Waals surface area contributed by atoms with Crippen LogP contribution in [-0.4, -0.2) is 24.7 Å². The Bertz CT molecular complexity index is 373. The molecule has 3 nitrogen and oxygen atoms in total. The minimum atomic E-state index is 0.342. The molecule has 1 atom stereocenters. The van der Waals surface area contributed by atoms with Crippen molar-refractivity contribution in [1.29, 1.82) is 0 Å². The molecule has 0 saturated carbocycles. The number of nitrogens with one attached hydrogen (secondary N) is 1. The molecule has 96 valence electrons. The van der Waals surface area contributed by atoms with E-state index in [1.165, 1.54) is 4.88 Å². The molecular weight excluding hydrogens is 232 g/mol. The fourth-order valence-electron chi connectivity index (χ4n) is 1.64. The molecule has 0 aliphatic heterocycles. The van der Waals surface area contributed by atoms with Gasteiger partial charge in [-0.25, -0.2) is 4.98 Å². The molecule has 0 amide bonds. The maximum atomic E-state index is 5.44. The van der Waals surface area contributed by atoms with Gasteiger partial charge in [0.2, 0.25) is 0 Å². The van der Waals surface area contributed by atoms with Crippen LogP contribution < -0.4 is 5.32 Å². The van der Waals surface area contributed by atoms with Gasteiger partial charge in [0.15, 0.2) is 0 Å². The zero-order chi connectivity index (χ0) is 12.8. The van der Waals surface area contributed by atoms with Crippen LogP contribution in [0.2, 0.25) is 0 Å². The number of hydrogen-bond donors (Lipinski definition) is 1. The fourth-order valence-corrected chi connectivity index (χ4v) is 2.59. The minimum absolute atomic E-state index is 0.342. The van der Waals surface area contributed by atoms with Crippen LogP contribution in [0.4, 0.5) is 0 Å². The third kappa shape index (κ3) is 4.98. The molecule has 1 aromatic heterocycles. The predicted molar refractivity (Wildman–Crippen MR) is 73.6 cm³/mol. The Hall–Kier alpha value is -0.710. The second-order valence-corrected chi connectivity index (χ2v) is 5.60. The lowest BCUT2D eigenvalue weighted by Crippen LogP contribution is -2.23. The topological polar surface area (TPSA) is 34.1 Å². The van der Waals surface area contributed by atoms with Crippen molar-refractivity contribution in [3.05, 3.63) is 27.7 Å². The van der Waals surface area contributed by atoms with E-state index >= 15 is 0 Å². The summed E-state index contributed by atoms with van der Waals surface area (Å²) in [5.74, 6) is 0. The maximum absolute atomic E-state index is 5.44. The van der Waals surface area contributed by atoms with Crippen molar-refractivity contribution >= 4 is 11.3 Å². The summed E-state index contributed by atoms with van der Waals surface area (Å²) in [6.07, 6.45) is 0. The van der Waals surface area contributed by atoms with Gasteiger partial charge in [-0.2, -0.15) is 0 Å². The number of aryl methyl sites for hydroxylation is 2. The van der Waals surface area contributed by atoms with Crippen LogP contribution in [0, 0.1) is 13.8 Å². The van der Waals surface area contributed by atoms with Gasteiger partial charge in [-0.15, -0.1) is 11.3 Å². The molecule has 1 unspecified atom stereocenters. The van der Waals surface area contributed by atoms with Crippen LogP contribution in [0.15, 0.2) is 12.2 Å². The molecule has 1 aromatic rings. The Labute approximate surface area is 108 Å². The van der Waals surface area contributed by atoms with Crippen molar-refractivity contribution < 1.29 is 4.74 Å². The van der Waals surface area contributed by atoms with Crippen LogP contribution in [0.3, 0.4) is 0 Å². The molecule has 0 spiro atoms. The summed E-state index contributed by atoms with van der Waals surface area (Å²) in [6.45, 7) is 14.3. The highest BCUT2D eigenvalue weighted by molar-refractivity contribution is 7.11. The maximum Gasteiger partial charge on any atom is 0.0900 e. The first-order chi connectivity index (χ1) is 8.00. The van der Waals surface area contributed by atoms with Crippen LogP contribution in [0.1, 0.15) is 35.5 Å². The molecule has 1 heterocycles. The van der Waals surface area contributed by atoms with Gasteiger partial charge in [0.05, 0.1) is 23.9 Å². The van der Waals surface area contributed by atoms with E-state index in [4.69, 9.17) is 4.74 Å². The second kappa shape index (κ2) is 6.89. The van der Waals surface area contributed by atoms with Crippen LogP contribution in [0.25, 0.3) is 0 Å². The monoisotopic (exact) mass is 254 g/mol. The van der Waals surface area contributed by atoms with E-state index in [1.54, 1.807) is 11.3 Å². The van der Waals surface area contributed by atoms with Crippen molar-refractivity contribution in [3.8, 4) is 0 Å². The van der Waals surface area contributed by atoms with Gasteiger partial charge < -0.3 is 10.1 Å². The number of thiazole rings is 1. The van der Waals surface area contributed by atoms with E-state index in [1.807, 2.05) is 13.8 Å². The average molecular weight is 254 g/mol. The molecule has 0 aliphatic rings. The number of ether oxygens (including phenoxy) is 1. The smallest absolute Gasteiger partial charge is 0.0900 e. The Balaban J connectivity index is 2.28. The SMILES string of the molecule is C=C(C)COCCNC(C)c1sc(C)nc1C. The molecular formula is C13H22N2OS. The molecule has 1 rings (SSSR count). The predicted octanol–water partition coefficient (Wildman–Crippen LogP) is 3.00. The Morgan fingerprint density at radius 3 is 2.76 bits per heavy atom. The van der Waals surface area contributed by atoms with Crippen LogP contribution >= 0.6 is 11.3 Å². The Morgan fingerprint density at radius 1 is 1.53 bits per heavy atom. The Kier molecular flexibility index (Phi) is 5.82. The molecule has 1 N–H and O–H groups in total. The summed E-state index contributed by atoms with van der Waals surface area (Å²) in [5.41, 5.74) is 2.20. The van der Waals surface area contributed by atoms with E-state index in [-0.39, 0.29) is 0 Å². The average Bonchev–Trinajstić information content (AvgIpc) is 2.56. The summed E-state index contributed by atoms with van der Waals surface area (Å²) >= 11 is 1.76.